The fraction of sp³-hybridized carbons (Fsp3) is 0.500. The molecule has 2 N–H and O–H groups in total. The quantitative estimate of drug-likeness (QED) is 0.841. The molecule has 0 bridgehead atoms. The monoisotopic (exact) mass is 296 g/mol. The highest BCUT2D eigenvalue weighted by molar-refractivity contribution is 6.29. The number of carboxylic acid groups (broad SMARTS) is 1. The van der Waals surface area contributed by atoms with Crippen molar-refractivity contribution >= 4 is 29.2 Å². The molecule has 0 unspecified atom stereocenters. The first kappa shape index (κ1) is 14.8. The third-order valence-corrected chi connectivity index (χ3v) is 3.94. The predicted octanol–water partition coefficient (Wildman–Crippen LogP) is 2.87. The summed E-state index contributed by atoms with van der Waals surface area (Å²) in [5.41, 5.74) is 1.20. The molecule has 0 radical (unpaired) electrons. The molecule has 0 aliphatic heterocycles. The van der Waals surface area contributed by atoms with Gasteiger partial charge in [0.15, 0.2) is 0 Å². The van der Waals surface area contributed by atoms with Gasteiger partial charge in [-0.3, -0.25) is 9.59 Å². The van der Waals surface area contributed by atoms with Crippen LogP contribution in [0.15, 0.2) is 12.1 Å². The molecule has 108 valence electrons. The van der Waals surface area contributed by atoms with Gasteiger partial charge in [0.05, 0.1) is 23.2 Å². The molecule has 2 atom stereocenters. The lowest BCUT2D eigenvalue weighted by Crippen LogP contribution is -2.36. The molecule has 1 heterocycles. The Labute approximate surface area is 122 Å². The Morgan fingerprint density at radius 2 is 1.95 bits per heavy atom. The van der Waals surface area contributed by atoms with Crippen LogP contribution in [0.4, 0.5) is 5.69 Å². The molecule has 0 spiro atoms. The average Bonchev–Trinajstić information content (AvgIpc) is 2.41. The molecule has 5 nitrogen and oxygen atoms in total. The Morgan fingerprint density at radius 3 is 2.55 bits per heavy atom. The highest BCUT2D eigenvalue weighted by atomic mass is 35.5. The second kappa shape index (κ2) is 6.22. The van der Waals surface area contributed by atoms with E-state index < -0.39 is 17.8 Å². The van der Waals surface area contributed by atoms with E-state index in [1.54, 1.807) is 19.1 Å². The van der Waals surface area contributed by atoms with E-state index >= 15 is 0 Å². The van der Waals surface area contributed by atoms with Crippen molar-refractivity contribution in [1.82, 2.24) is 4.98 Å². The molecule has 6 heteroatoms. The summed E-state index contributed by atoms with van der Waals surface area (Å²) < 4.78 is 0. The fourth-order valence-electron chi connectivity index (χ4n) is 2.63. The fourth-order valence-corrected chi connectivity index (χ4v) is 2.82. The summed E-state index contributed by atoms with van der Waals surface area (Å²) in [5.74, 6) is -2.21. The third kappa shape index (κ3) is 3.28. The zero-order valence-electron chi connectivity index (χ0n) is 11.2. The number of aryl methyl sites for hydroxylation is 1. The van der Waals surface area contributed by atoms with Gasteiger partial charge in [-0.2, -0.15) is 0 Å². The number of aromatic nitrogens is 1. The van der Waals surface area contributed by atoms with Crippen LogP contribution in [0.1, 0.15) is 31.4 Å². The van der Waals surface area contributed by atoms with E-state index in [0.29, 0.717) is 29.4 Å². The Hall–Kier alpha value is -1.62. The highest BCUT2D eigenvalue weighted by Crippen LogP contribution is 2.31. The number of hydrogen-bond acceptors (Lipinski definition) is 3. The van der Waals surface area contributed by atoms with Crippen LogP contribution >= 0.6 is 11.6 Å². The number of carbonyl (C=O) groups is 2. The molecule has 1 aliphatic rings. The third-order valence-electron chi connectivity index (χ3n) is 3.73. The number of nitrogens with zero attached hydrogens (tertiary/aromatic N) is 1. The van der Waals surface area contributed by atoms with E-state index in [1.807, 2.05) is 0 Å². The number of aliphatic carboxylic acids is 1. The molecule has 1 amide bonds. The number of rotatable bonds is 3. The van der Waals surface area contributed by atoms with Crippen LogP contribution in [0.25, 0.3) is 0 Å². The second-order valence-corrected chi connectivity index (χ2v) is 5.48. The van der Waals surface area contributed by atoms with Crippen LogP contribution in [-0.2, 0) is 9.59 Å². The maximum absolute atomic E-state index is 12.3. The van der Waals surface area contributed by atoms with Gasteiger partial charge in [0.25, 0.3) is 0 Å². The van der Waals surface area contributed by atoms with Crippen LogP contribution in [-0.4, -0.2) is 22.0 Å². The standard InChI is InChI=1S/C14H17ClN2O3/c1-8-11(6-7-12(15)16-8)17-13(18)9-4-2-3-5-10(9)14(19)20/h6-7,9-10H,2-5H2,1H3,(H,17,18)(H,19,20)/t9-,10+/m1/s1. The number of amides is 1. The number of halogens is 1. The maximum Gasteiger partial charge on any atom is 0.307 e. The van der Waals surface area contributed by atoms with E-state index in [0.717, 1.165) is 12.8 Å². The van der Waals surface area contributed by atoms with E-state index in [-0.39, 0.29) is 5.91 Å². The van der Waals surface area contributed by atoms with Gasteiger partial charge >= 0.3 is 5.97 Å². The maximum atomic E-state index is 12.3. The van der Waals surface area contributed by atoms with Crippen LogP contribution in [0.2, 0.25) is 5.15 Å². The molecule has 0 aromatic carbocycles. The lowest BCUT2D eigenvalue weighted by molar-refractivity contribution is -0.147. The number of anilines is 1. The van der Waals surface area contributed by atoms with Crippen molar-refractivity contribution in [2.45, 2.75) is 32.6 Å². The van der Waals surface area contributed by atoms with E-state index in [9.17, 15) is 14.7 Å². The number of hydrogen-bond donors (Lipinski definition) is 2. The second-order valence-electron chi connectivity index (χ2n) is 5.09. The molecule has 2 rings (SSSR count). The zero-order valence-corrected chi connectivity index (χ0v) is 12.0. The summed E-state index contributed by atoms with van der Waals surface area (Å²) in [4.78, 5) is 27.6. The number of carboxylic acids is 1. The smallest absolute Gasteiger partial charge is 0.307 e. The Balaban J connectivity index is 2.12. The van der Waals surface area contributed by atoms with Crippen molar-refractivity contribution in [3.8, 4) is 0 Å². The predicted molar refractivity (Wildman–Crippen MR) is 75.7 cm³/mol. The van der Waals surface area contributed by atoms with Gasteiger partial charge in [0, 0.05) is 0 Å². The zero-order chi connectivity index (χ0) is 14.7. The Morgan fingerprint density at radius 1 is 1.30 bits per heavy atom. The Bertz CT molecular complexity index is 533. The summed E-state index contributed by atoms with van der Waals surface area (Å²) in [6.07, 6.45) is 2.93. The summed E-state index contributed by atoms with van der Waals surface area (Å²) >= 11 is 5.77. The minimum absolute atomic E-state index is 0.246. The topological polar surface area (TPSA) is 79.3 Å². The van der Waals surface area contributed by atoms with Crippen LogP contribution < -0.4 is 5.32 Å². The van der Waals surface area contributed by atoms with Crippen molar-refractivity contribution in [2.75, 3.05) is 5.32 Å². The van der Waals surface area contributed by atoms with Crippen LogP contribution in [0.3, 0.4) is 0 Å². The largest absolute Gasteiger partial charge is 0.481 e. The molecule has 0 saturated heterocycles. The van der Waals surface area contributed by atoms with Gasteiger partial charge in [-0.15, -0.1) is 0 Å². The average molecular weight is 297 g/mol. The van der Waals surface area contributed by atoms with Crippen LogP contribution in [0.5, 0.6) is 0 Å². The van der Waals surface area contributed by atoms with E-state index in [4.69, 9.17) is 11.6 Å². The number of carbonyl (C=O) groups excluding carboxylic acids is 1. The minimum atomic E-state index is -0.893. The molecular formula is C14H17ClN2O3. The van der Waals surface area contributed by atoms with Crippen molar-refractivity contribution in [3.05, 3.63) is 23.0 Å². The number of pyridine rings is 1. The summed E-state index contributed by atoms with van der Waals surface area (Å²) in [5, 5.41) is 12.3. The number of nitrogens with one attached hydrogen (secondary N) is 1. The molecule has 1 aromatic rings. The normalized spacial score (nSPS) is 22.3. The van der Waals surface area contributed by atoms with Gasteiger partial charge in [-0.1, -0.05) is 24.4 Å². The summed E-state index contributed by atoms with van der Waals surface area (Å²) in [6, 6.07) is 3.28. The van der Waals surface area contributed by atoms with Crippen molar-refractivity contribution < 1.29 is 14.7 Å². The first-order chi connectivity index (χ1) is 9.49. The summed E-state index contributed by atoms with van der Waals surface area (Å²) in [6.45, 7) is 1.75. The molecule has 1 fully saturated rings. The van der Waals surface area contributed by atoms with Crippen molar-refractivity contribution in [2.24, 2.45) is 11.8 Å². The van der Waals surface area contributed by atoms with Gasteiger partial charge < -0.3 is 10.4 Å². The molecular weight excluding hydrogens is 280 g/mol. The molecule has 1 saturated carbocycles. The molecule has 20 heavy (non-hydrogen) atoms. The van der Waals surface area contributed by atoms with Crippen molar-refractivity contribution in [3.63, 3.8) is 0 Å². The lowest BCUT2D eigenvalue weighted by atomic mass is 9.78. The molecule has 1 aromatic heterocycles. The van der Waals surface area contributed by atoms with Crippen LogP contribution in [0, 0.1) is 18.8 Å². The van der Waals surface area contributed by atoms with E-state index in [1.165, 1.54) is 0 Å². The molecule has 1 aliphatic carbocycles. The first-order valence-electron chi connectivity index (χ1n) is 6.66. The first-order valence-corrected chi connectivity index (χ1v) is 7.03. The summed E-state index contributed by atoms with van der Waals surface area (Å²) in [7, 11) is 0. The Kier molecular flexibility index (Phi) is 4.60. The highest BCUT2D eigenvalue weighted by Gasteiger charge is 2.35. The van der Waals surface area contributed by atoms with Crippen molar-refractivity contribution in [1.29, 1.82) is 0 Å². The van der Waals surface area contributed by atoms with E-state index in [2.05, 4.69) is 10.3 Å². The lowest BCUT2D eigenvalue weighted by Gasteiger charge is -2.27. The van der Waals surface area contributed by atoms with Gasteiger partial charge in [-0.25, -0.2) is 4.98 Å². The van der Waals surface area contributed by atoms with Gasteiger partial charge in [0.1, 0.15) is 5.15 Å². The van der Waals surface area contributed by atoms with Gasteiger partial charge in [-0.05, 0) is 31.9 Å². The van der Waals surface area contributed by atoms with Gasteiger partial charge in [0.2, 0.25) is 5.91 Å². The minimum Gasteiger partial charge on any atom is -0.481 e. The SMILES string of the molecule is Cc1nc(Cl)ccc1NC(=O)[C@@H]1CCCC[C@@H]1C(=O)O.